The quantitative estimate of drug-likeness (QED) is 0.837. The van der Waals surface area contributed by atoms with E-state index in [1.54, 1.807) is 0 Å². The van der Waals surface area contributed by atoms with E-state index in [0.29, 0.717) is 19.0 Å². The Labute approximate surface area is 136 Å². The van der Waals surface area contributed by atoms with Crippen molar-refractivity contribution in [1.82, 2.24) is 15.6 Å². The summed E-state index contributed by atoms with van der Waals surface area (Å²) >= 11 is 0. The number of rotatable bonds is 5. The predicted molar refractivity (Wildman–Crippen MR) is 86.4 cm³/mol. The van der Waals surface area contributed by atoms with Gasteiger partial charge in [0.15, 0.2) is 0 Å². The van der Waals surface area contributed by atoms with Crippen molar-refractivity contribution in [3.05, 3.63) is 23.9 Å². The molecule has 0 aromatic carbocycles. The predicted octanol–water partition coefficient (Wildman–Crippen LogP) is 0.754. The van der Waals surface area contributed by atoms with Gasteiger partial charge in [-0.15, -0.1) is 0 Å². The highest BCUT2D eigenvalue weighted by Gasteiger charge is 2.16. The third kappa shape index (κ3) is 4.80. The molecule has 2 N–H and O–H groups in total. The van der Waals surface area contributed by atoms with Gasteiger partial charge >= 0.3 is 6.03 Å². The summed E-state index contributed by atoms with van der Waals surface area (Å²) in [5.41, 5.74) is 0.987. The summed E-state index contributed by atoms with van der Waals surface area (Å²) < 4.78 is 10.6. The Balaban J connectivity index is 1.40. The van der Waals surface area contributed by atoms with Crippen molar-refractivity contribution in [1.29, 1.82) is 0 Å². The van der Waals surface area contributed by atoms with Gasteiger partial charge in [-0.05, 0) is 18.1 Å². The highest BCUT2D eigenvalue weighted by Crippen LogP contribution is 2.13. The first-order valence-electron chi connectivity index (χ1n) is 8.18. The highest BCUT2D eigenvalue weighted by molar-refractivity contribution is 5.73. The number of nitrogens with zero attached hydrogens (tertiary/aromatic N) is 2. The Morgan fingerprint density at radius 2 is 2.09 bits per heavy atom. The van der Waals surface area contributed by atoms with Crippen LogP contribution < -0.4 is 15.5 Å². The van der Waals surface area contributed by atoms with Crippen LogP contribution in [0.2, 0.25) is 0 Å². The topological polar surface area (TPSA) is 75.7 Å². The maximum absolute atomic E-state index is 11.8. The van der Waals surface area contributed by atoms with Gasteiger partial charge in [0.1, 0.15) is 5.82 Å². The molecule has 1 aromatic heterocycles. The van der Waals surface area contributed by atoms with Crippen molar-refractivity contribution in [2.45, 2.75) is 13.0 Å². The molecule has 7 heteroatoms. The van der Waals surface area contributed by atoms with Gasteiger partial charge in [0.25, 0.3) is 0 Å². The second-order valence-corrected chi connectivity index (χ2v) is 5.92. The van der Waals surface area contributed by atoms with Gasteiger partial charge in [-0.25, -0.2) is 9.78 Å². The third-order valence-electron chi connectivity index (χ3n) is 4.17. The van der Waals surface area contributed by atoms with Crippen molar-refractivity contribution in [2.75, 3.05) is 51.0 Å². The lowest BCUT2D eigenvalue weighted by Crippen LogP contribution is -2.38. The molecule has 2 fully saturated rings. The summed E-state index contributed by atoms with van der Waals surface area (Å²) in [7, 11) is 0. The first-order valence-corrected chi connectivity index (χ1v) is 8.18. The average molecular weight is 320 g/mol. The van der Waals surface area contributed by atoms with E-state index in [1.165, 1.54) is 0 Å². The maximum Gasteiger partial charge on any atom is 0.315 e. The van der Waals surface area contributed by atoms with Crippen LogP contribution >= 0.6 is 0 Å². The standard InChI is InChI=1S/C16H24N4O3/c21-16(19-11-14-3-6-23-12-14)18-10-13-1-2-15(17-9-13)20-4-7-22-8-5-20/h1-2,9,14H,3-8,10-12H2,(H2,18,19,21). The van der Waals surface area contributed by atoms with Crippen LogP contribution in [-0.4, -0.2) is 57.1 Å². The number of aromatic nitrogens is 1. The van der Waals surface area contributed by atoms with Gasteiger partial charge < -0.3 is 25.0 Å². The van der Waals surface area contributed by atoms with Gasteiger partial charge in [-0.3, -0.25) is 0 Å². The third-order valence-corrected chi connectivity index (χ3v) is 4.17. The van der Waals surface area contributed by atoms with Crippen molar-refractivity contribution in [3.8, 4) is 0 Å². The summed E-state index contributed by atoms with van der Waals surface area (Å²) in [6.07, 6.45) is 2.84. The minimum atomic E-state index is -0.144. The molecule has 0 saturated carbocycles. The number of anilines is 1. The first-order chi connectivity index (χ1) is 11.3. The van der Waals surface area contributed by atoms with Crippen LogP contribution in [0.1, 0.15) is 12.0 Å². The Bertz CT molecular complexity index is 497. The van der Waals surface area contributed by atoms with Gasteiger partial charge in [-0.1, -0.05) is 6.07 Å². The second-order valence-electron chi connectivity index (χ2n) is 5.92. The summed E-state index contributed by atoms with van der Waals surface area (Å²) in [4.78, 5) is 18.5. The lowest BCUT2D eigenvalue weighted by Gasteiger charge is -2.27. The van der Waals surface area contributed by atoms with E-state index in [2.05, 4.69) is 20.5 Å². The van der Waals surface area contributed by atoms with E-state index in [-0.39, 0.29) is 6.03 Å². The van der Waals surface area contributed by atoms with Crippen LogP contribution in [0, 0.1) is 5.92 Å². The fraction of sp³-hybridized carbons (Fsp3) is 0.625. The van der Waals surface area contributed by atoms with Crippen LogP contribution in [0.4, 0.5) is 10.6 Å². The minimum Gasteiger partial charge on any atom is -0.381 e. The number of hydrogen-bond donors (Lipinski definition) is 2. The molecule has 1 atom stereocenters. The minimum absolute atomic E-state index is 0.144. The molecule has 3 heterocycles. The summed E-state index contributed by atoms with van der Waals surface area (Å²) in [6, 6.07) is 3.85. The molecule has 23 heavy (non-hydrogen) atoms. The number of carbonyl (C=O) groups excluding carboxylic acids is 1. The number of morpholine rings is 1. The largest absolute Gasteiger partial charge is 0.381 e. The van der Waals surface area contributed by atoms with Crippen LogP contribution in [-0.2, 0) is 16.0 Å². The molecule has 2 aliphatic rings. The zero-order chi connectivity index (χ0) is 15.9. The number of nitrogens with one attached hydrogen (secondary N) is 2. The zero-order valence-corrected chi connectivity index (χ0v) is 13.3. The molecule has 2 saturated heterocycles. The van der Waals surface area contributed by atoms with Crippen molar-refractivity contribution in [3.63, 3.8) is 0 Å². The monoisotopic (exact) mass is 320 g/mol. The van der Waals surface area contributed by atoms with E-state index >= 15 is 0 Å². The number of carbonyl (C=O) groups is 1. The number of urea groups is 1. The van der Waals surface area contributed by atoms with Crippen LogP contribution in [0.25, 0.3) is 0 Å². The summed E-state index contributed by atoms with van der Waals surface area (Å²) in [5.74, 6) is 1.40. The Morgan fingerprint density at radius 3 is 2.78 bits per heavy atom. The SMILES string of the molecule is O=C(NCc1ccc(N2CCOCC2)nc1)NCC1CCOC1. The number of amides is 2. The van der Waals surface area contributed by atoms with Gasteiger partial charge in [0, 0.05) is 44.9 Å². The van der Waals surface area contributed by atoms with E-state index in [1.807, 2.05) is 18.3 Å². The molecular weight excluding hydrogens is 296 g/mol. The molecule has 2 amide bonds. The van der Waals surface area contributed by atoms with Crippen LogP contribution in [0.15, 0.2) is 18.3 Å². The molecule has 126 valence electrons. The van der Waals surface area contributed by atoms with Crippen LogP contribution in [0.5, 0.6) is 0 Å². The van der Waals surface area contributed by atoms with E-state index < -0.39 is 0 Å². The van der Waals surface area contributed by atoms with Crippen molar-refractivity contribution in [2.24, 2.45) is 5.92 Å². The molecule has 0 aliphatic carbocycles. The number of hydrogen-bond acceptors (Lipinski definition) is 5. The molecule has 1 aromatic rings. The Morgan fingerprint density at radius 1 is 1.22 bits per heavy atom. The van der Waals surface area contributed by atoms with Crippen molar-refractivity contribution >= 4 is 11.8 Å². The Kier molecular flexibility index (Phi) is 5.65. The van der Waals surface area contributed by atoms with E-state index in [9.17, 15) is 4.79 Å². The van der Waals surface area contributed by atoms with Crippen LogP contribution in [0.3, 0.4) is 0 Å². The number of ether oxygens (including phenoxy) is 2. The lowest BCUT2D eigenvalue weighted by molar-refractivity contribution is 0.122. The molecule has 7 nitrogen and oxygen atoms in total. The van der Waals surface area contributed by atoms with E-state index in [0.717, 1.165) is 57.3 Å². The second kappa shape index (κ2) is 8.12. The normalized spacial score (nSPS) is 21.2. The molecule has 2 aliphatic heterocycles. The Hall–Kier alpha value is -1.86. The lowest BCUT2D eigenvalue weighted by atomic mass is 10.1. The molecule has 0 spiro atoms. The van der Waals surface area contributed by atoms with Gasteiger partial charge in [-0.2, -0.15) is 0 Å². The van der Waals surface area contributed by atoms with E-state index in [4.69, 9.17) is 9.47 Å². The number of pyridine rings is 1. The average Bonchev–Trinajstić information content (AvgIpc) is 3.13. The smallest absolute Gasteiger partial charge is 0.315 e. The molecule has 3 rings (SSSR count). The molecule has 0 bridgehead atoms. The maximum atomic E-state index is 11.8. The van der Waals surface area contributed by atoms with Gasteiger partial charge in [0.05, 0.1) is 19.8 Å². The first kappa shape index (κ1) is 16.0. The fourth-order valence-electron chi connectivity index (χ4n) is 2.73. The van der Waals surface area contributed by atoms with Gasteiger partial charge in [0.2, 0.25) is 0 Å². The fourth-order valence-corrected chi connectivity index (χ4v) is 2.73. The summed E-state index contributed by atoms with van der Waals surface area (Å²) in [6.45, 7) is 5.93. The molecule has 1 unspecified atom stereocenters. The molecule has 0 radical (unpaired) electrons. The zero-order valence-electron chi connectivity index (χ0n) is 13.3. The summed E-state index contributed by atoms with van der Waals surface area (Å²) in [5, 5.41) is 5.74. The van der Waals surface area contributed by atoms with Crippen molar-refractivity contribution < 1.29 is 14.3 Å². The molecular formula is C16H24N4O3. The highest BCUT2D eigenvalue weighted by atomic mass is 16.5.